The predicted octanol–water partition coefficient (Wildman–Crippen LogP) is -0.124. The van der Waals surface area contributed by atoms with E-state index in [1.807, 2.05) is 6.92 Å². The van der Waals surface area contributed by atoms with Gasteiger partial charge in [0.2, 0.25) is 0 Å². The Morgan fingerprint density at radius 3 is 2.29 bits per heavy atom. The quantitative estimate of drug-likeness (QED) is 0.504. The first-order chi connectivity index (χ1) is 8.06. The van der Waals surface area contributed by atoms with Crippen molar-refractivity contribution in [3.63, 3.8) is 0 Å². The summed E-state index contributed by atoms with van der Waals surface area (Å²) in [5.74, 6) is -1.57. The van der Waals surface area contributed by atoms with E-state index in [4.69, 9.17) is 9.31 Å². The van der Waals surface area contributed by atoms with Crippen LogP contribution in [-0.2, 0) is 23.7 Å². The van der Waals surface area contributed by atoms with Crippen molar-refractivity contribution in [3.8, 4) is 0 Å². The fourth-order valence-electron chi connectivity index (χ4n) is 1.63. The van der Waals surface area contributed by atoms with Gasteiger partial charge in [-0.15, -0.1) is 0 Å². The zero-order chi connectivity index (χ0) is 12.8. The molecule has 0 saturated carbocycles. The number of rotatable bonds is 4. The molecule has 1 unspecified atom stereocenters. The van der Waals surface area contributed by atoms with E-state index < -0.39 is 24.9 Å². The zero-order valence-corrected chi connectivity index (χ0v) is 10.0. The van der Waals surface area contributed by atoms with E-state index in [0.717, 1.165) is 6.42 Å². The van der Waals surface area contributed by atoms with E-state index in [2.05, 4.69) is 0 Å². The van der Waals surface area contributed by atoms with Gasteiger partial charge in [0.25, 0.3) is 0 Å². The van der Waals surface area contributed by atoms with E-state index in [-0.39, 0.29) is 13.1 Å². The zero-order valence-electron chi connectivity index (χ0n) is 10.0. The summed E-state index contributed by atoms with van der Waals surface area (Å²) in [5, 5.41) is 0. The van der Waals surface area contributed by atoms with Crippen LogP contribution in [0.25, 0.3) is 0 Å². The molecular weight excluding hydrogens is 225 g/mol. The van der Waals surface area contributed by atoms with E-state index >= 15 is 0 Å². The van der Waals surface area contributed by atoms with Gasteiger partial charge in [-0.05, 0) is 13.5 Å². The number of carbonyl (C=O) groups excluding carboxylic acids is 3. The Morgan fingerprint density at radius 2 is 1.88 bits per heavy atom. The summed E-state index contributed by atoms with van der Waals surface area (Å²) in [7, 11) is 0.535. The molecule has 1 saturated heterocycles. The van der Waals surface area contributed by atoms with Crippen LogP contribution in [0.2, 0.25) is 5.82 Å². The Bertz CT molecular complexity index is 289. The van der Waals surface area contributed by atoms with Gasteiger partial charge in [0.1, 0.15) is 6.29 Å². The van der Waals surface area contributed by atoms with E-state index in [1.54, 1.807) is 7.05 Å². The van der Waals surface area contributed by atoms with Crippen LogP contribution in [0.1, 0.15) is 19.8 Å². The van der Waals surface area contributed by atoms with Crippen LogP contribution in [0.15, 0.2) is 0 Å². The molecule has 1 aliphatic heterocycles. The maximum Gasteiger partial charge on any atom is 0.609 e. The molecule has 0 spiro atoms. The number of hydrogen-bond acceptors (Lipinski definition) is 6. The van der Waals surface area contributed by atoms with Crippen molar-refractivity contribution in [1.82, 2.24) is 4.90 Å². The fraction of sp³-hybridized carbons (Fsp3) is 0.700. The molecule has 1 fully saturated rings. The van der Waals surface area contributed by atoms with Crippen molar-refractivity contribution >= 4 is 25.3 Å². The lowest BCUT2D eigenvalue weighted by molar-refractivity contribution is -0.145. The highest BCUT2D eigenvalue weighted by atomic mass is 16.6. The van der Waals surface area contributed by atoms with Crippen LogP contribution in [-0.4, -0.2) is 50.4 Å². The third-order valence-electron chi connectivity index (χ3n) is 2.44. The van der Waals surface area contributed by atoms with Crippen LogP contribution in [0.3, 0.4) is 0 Å². The van der Waals surface area contributed by atoms with Crippen molar-refractivity contribution in [1.29, 1.82) is 0 Å². The van der Waals surface area contributed by atoms with Gasteiger partial charge in [-0.25, -0.2) is 0 Å². The average molecular weight is 241 g/mol. The fourth-order valence-corrected chi connectivity index (χ4v) is 1.63. The third kappa shape index (κ3) is 4.18. The monoisotopic (exact) mass is 241 g/mol. The molecule has 6 nitrogen and oxygen atoms in total. The molecule has 7 heteroatoms. The smallest absolute Gasteiger partial charge is 0.498 e. The number of aldehydes is 1. The second kappa shape index (κ2) is 6.39. The first-order valence-electron chi connectivity index (χ1n) is 5.59. The maximum atomic E-state index is 11.4. The highest BCUT2D eigenvalue weighted by Crippen LogP contribution is 2.18. The standard InChI is InChI=1S/C10H16BNO5/c1-3-4-8(7-13)11-16-9(14)5-12(2)6-10(15)17-11/h7-8H,3-6H2,1-2H3. The lowest BCUT2D eigenvalue weighted by Crippen LogP contribution is -2.44. The molecule has 1 heterocycles. The first-order valence-corrected chi connectivity index (χ1v) is 5.59. The second-order valence-electron chi connectivity index (χ2n) is 4.11. The Balaban J connectivity index is 2.72. The van der Waals surface area contributed by atoms with Gasteiger partial charge in [0, 0.05) is 0 Å². The third-order valence-corrected chi connectivity index (χ3v) is 2.44. The lowest BCUT2D eigenvalue weighted by Gasteiger charge is -2.24. The molecule has 1 atom stereocenters. The minimum atomic E-state index is -1.08. The normalized spacial score (nSPS) is 20.0. The van der Waals surface area contributed by atoms with Gasteiger partial charge >= 0.3 is 19.1 Å². The maximum absolute atomic E-state index is 11.4. The number of carbonyl (C=O) groups is 3. The molecule has 0 aliphatic carbocycles. The Morgan fingerprint density at radius 1 is 1.35 bits per heavy atom. The van der Waals surface area contributed by atoms with Gasteiger partial charge in [0.15, 0.2) is 0 Å². The summed E-state index contributed by atoms with van der Waals surface area (Å²) >= 11 is 0. The molecular formula is C10H16BNO5. The highest BCUT2D eigenvalue weighted by molar-refractivity contribution is 6.54. The van der Waals surface area contributed by atoms with Crippen molar-refractivity contribution < 1.29 is 23.7 Å². The summed E-state index contributed by atoms with van der Waals surface area (Å²) in [5.41, 5.74) is 0. The van der Waals surface area contributed by atoms with Gasteiger partial charge in [-0.1, -0.05) is 13.3 Å². The first kappa shape index (κ1) is 13.7. The largest absolute Gasteiger partial charge is 0.609 e. The van der Waals surface area contributed by atoms with Gasteiger partial charge < -0.3 is 14.1 Å². The van der Waals surface area contributed by atoms with E-state index in [0.29, 0.717) is 12.7 Å². The Hall–Kier alpha value is -1.37. The predicted molar refractivity (Wildman–Crippen MR) is 60.2 cm³/mol. The molecule has 94 valence electrons. The van der Waals surface area contributed by atoms with Crippen molar-refractivity contribution in [2.45, 2.75) is 25.6 Å². The van der Waals surface area contributed by atoms with Crippen LogP contribution in [0.4, 0.5) is 0 Å². The molecule has 0 aromatic carbocycles. The van der Waals surface area contributed by atoms with Gasteiger partial charge in [0.05, 0.1) is 18.9 Å². The summed E-state index contributed by atoms with van der Waals surface area (Å²) in [6, 6.07) is 0. The second-order valence-corrected chi connectivity index (χ2v) is 4.11. The van der Waals surface area contributed by atoms with Crippen molar-refractivity contribution in [3.05, 3.63) is 0 Å². The molecule has 0 amide bonds. The molecule has 17 heavy (non-hydrogen) atoms. The van der Waals surface area contributed by atoms with Gasteiger partial charge in [-0.3, -0.25) is 14.5 Å². The Labute approximate surface area is 100 Å². The van der Waals surface area contributed by atoms with Crippen molar-refractivity contribution in [2.75, 3.05) is 20.1 Å². The molecule has 0 aromatic rings. The van der Waals surface area contributed by atoms with Crippen molar-refractivity contribution in [2.24, 2.45) is 0 Å². The minimum absolute atomic E-state index is 0.0172. The summed E-state index contributed by atoms with van der Waals surface area (Å²) in [6.07, 6.45) is 1.93. The minimum Gasteiger partial charge on any atom is -0.498 e. The van der Waals surface area contributed by atoms with Crippen LogP contribution in [0.5, 0.6) is 0 Å². The molecule has 1 aliphatic rings. The molecule has 0 radical (unpaired) electrons. The molecule has 0 bridgehead atoms. The van der Waals surface area contributed by atoms with Crippen LogP contribution < -0.4 is 0 Å². The molecule has 0 aromatic heterocycles. The summed E-state index contributed by atoms with van der Waals surface area (Å²) in [6.45, 7) is 1.93. The molecule has 0 N–H and O–H groups in total. The number of nitrogens with zero attached hydrogens (tertiary/aromatic N) is 1. The molecule has 1 rings (SSSR count). The van der Waals surface area contributed by atoms with Gasteiger partial charge in [-0.2, -0.15) is 0 Å². The van der Waals surface area contributed by atoms with Crippen LogP contribution in [0, 0.1) is 0 Å². The highest BCUT2D eigenvalue weighted by Gasteiger charge is 2.38. The lowest BCUT2D eigenvalue weighted by atomic mass is 9.70. The number of likely N-dealkylation sites (N-methyl/N-ethyl adjacent to an activating group) is 1. The summed E-state index contributed by atoms with van der Waals surface area (Å²) in [4.78, 5) is 35.2. The van der Waals surface area contributed by atoms with E-state index in [9.17, 15) is 14.4 Å². The van der Waals surface area contributed by atoms with E-state index in [1.165, 1.54) is 4.90 Å². The SMILES string of the molecule is CCCC(C=O)B1OC(=O)CN(C)CC(=O)O1. The number of hydrogen-bond donors (Lipinski definition) is 0. The van der Waals surface area contributed by atoms with Crippen LogP contribution >= 0.6 is 0 Å². The topological polar surface area (TPSA) is 72.9 Å². The Kier molecular flexibility index (Phi) is 5.15. The summed E-state index contributed by atoms with van der Waals surface area (Å²) < 4.78 is 9.97. The average Bonchev–Trinajstić information content (AvgIpc) is 2.22.